The molecule has 96 valence electrons. The van der Waals surface area contributed by atoms with Crippen LogP contribution in [-0.4, -0.2) is 14.7 Å². The Morgan fingerprint density at radius 2 is 2.05 bits per heavy atom. The molecule has 0 fully saturated rings. The monoisotopic (exact) mass is 316 g/mol. The topological polar surface area (TPSA) is 38.1 Å². The summed E-state index contributed by atoms with van der Waals surface area (Å²) in [7, 11) is 0. The normalized spacial score (nSPS) is 12.8. The van der Waals surface area contributed by atoms with Gasteiger partial charge in [0.15, 0.2) is 0 Å². The Kier molecular flexibility index (Phi) is 3.12. The first kappa shape index (κ1) is 12.4. The van der Waals surface area contributed by atoms with Gasteiger partial charge in [-0.1, -0.05) is 28.1 Å². The predicted octanol–water partition coefficient (Wildman–Crippen LogP) is 3.84. The summed E-state index contributed by atoms with van der Waals surface area (Å²) in [6.07, 6.45) is 1.33. The molecule has 3 rings (SSSR count). The fraction of sp³-hybridized carbons (Fsp3) is 0.133. The fourth-order valence-corrected chi connectivity index (χ4v) is 2.51. The highest BCUT2D eigenvalue weighted by Gasteiger charge is 2.07. The molecule has 1 heterocycles. The third kappa shape index (κ3) is 2.29. The van der Waals surface area contributed by atoms with Gasteiger partial charge in [0.25, 0.3) is 0 Å². The molecule has 0 radical (unpaired) electrons. The Hall–Kier alpha value is -1.65. The third-order valence-corrected chi connectivity index (χ3v) is 3.63. The molecule has 0 aliphatic rings. The highest BCUT2D eigenvalue weighted by molar-refractivity contribution is 9.10. The molecule has 0 saturated carbocycles. The maximum Gasteiger partial charge on any atom is 0.100 e. The zero-order valence-electron chi connectivity index (χ0n) is 10.4. The molecular formula is C15H13BrN2O. The molecule has 1 N–H and O–H groups in total. The Labute approximate surface area is 119 Å². The van der Waals surface area contributed by atoms with Gasteiger partial charge in [-0.15, -0.1) is 0 Å². The molecule has 1 unspecified atom stereocenters. The predicted molar refractivity (Wildman–Crippen MR) is 79.4 cm³/mol. The van der Waals surface area contributed by atoms with Crippen molar-refractivity contribution in [3.8, 4) is 5.69 Å². The van der Waals surface area contributed by atoms with Crippen LogP contribution in [0.15, 0.2) is 53.3 Å². The van der Waals surface area contributed by atoms with E-state index in [1.54, 1.807) is 13.3 Å². The van der Waals surface area contributed by atoms with Gasteiger partial charge >= 0.3 is 0 Å². The smallest absolute Gasteiger partial charge is 0.100 e. The number of hydrogen-bond donors (Lipinski definition) is 1. The summed E-state index contributed by atoms with van der Waals surface area (Å²) in [4.78, 5) is 4.40. The molecule has 3 nitrogen and oxygen atoms in total. The number of hydrogen-bond acceptors (Lipinski definition) is 2. The number of benzene rings is 2. The van der Waals surface area contributed by atoms with Crippen LogP contribution in [0.5, 0.6) is 0 Å². The van der Waals surface area contributed by atoms with E-state index in [1.165, 1.54) is 0 Å². The number of nitrogens with zero attached hydrogens (tertiary/aromatic N) is 2. The highest BCUT2D eigenvalue weighted by atomic mass is 79.9. The molecule has 4 heteroatoms. The first-order valence-corrected chi connectivity index (χ1v) is 6.85. The van der Waals surface area contributed by atoms with E-state index in [9.17, 15) is 5.11 Å². The number of fused-ring (bicyclic) bond motifs is 1. The average molecular weight is 317 g/mol. The lowest BCUT2D eigenvalue weighted by atomic mass is 10.1. The lowest BCUT2D eigenvalue weighted by Crippen LogP contribution is -1.93. The van der Waals surface area contributed by atoms with Crippen LogP contribution in [0.2, 0.25) is 0 Å². The lowest BCUT2D eigenvalue weighted by molar-refractivity contribution is 0.199. The number of halogens is 1. The molecule has 1 aromatic heterocycles. The Morgan fingerprint density at radius 3 is 2.79 bits per heavy atom. The summed E-state index contributed by atoms with van der Waals surface area (Å²) in [5, 5.41) is 9.60. The minimum atomic E-state index is -0.472. The molecule has 2 aromatic carbocycles. The van der Waals surface area contributed by atoms with E-state index in [4.69, 9.17) is 0 Å². The Bertz CT molecular complexity index is 734. The van der Waals surface area contributed by atoms with E-state index in [2.05, 4.69) is 20.9 Å². The van der Waals surface area contributed by atoms with Gasteiger partial charge in [-0.3, -0.25) is 4.57 Å². The minimum Gasteiger partial charge on any atom is -0.389 e. The second-order valence-electron chi connectivity index (χ2n) is 4.52. The molecule has 0 bridgehead atoms. The van der Waals surface area contributed by atoms with E-state index < -0.39 is 6.10 Å². The lowest BCUT2D eigenvalue weighted by Gasteiger charge is -2.07. The van der Waals surface area contributed by atoms with Crippen molar-refractivity contribution in [2.75, 3.05) is 0 Å². The van der Waals surface area contributed by atoms with E-state index in [0.717, 1.165) is 26.8 Å². The quantitative estimate of drug-likeness (QED) is 0.780. The maximum absolute atomic E-state index is 9.60. The van der Waals surface area contributed by atoms with E-state index >= 15 is 0 Å². The number of aliphatic hydroxyl groups is 1. The minimum absolute atomic E-state index is 0.472. The van der Waals surface area contributed by atoms with Crippen molar-refractivity contribution in [2.45, 2.75) is 13.0 Å². The molecule has 0 aliphatic heterocycles. The van der Waals surface area contributed by atoms with Crippen LogP contribution in [0.3, 0.4) is 0 Å². The average Bonchev–Trinajstić information content (AvgIpc) is 2.81. The van der Waals surface area contributed by atoms with Crippen molar-refractivity contribution in [3.05, 3.63) is 58.8 Å². The summed E-state index contributed by atoms with van der Waals surface area (Å²) >= 11 is 3.48. The molecule has 0 spiro atoms. The molecule has 19 heavy (non-hydrogen) atoms. The van der Waals surface area contributed by atoms with Crippen molar-refractivity contribution in [2.24, 2.45) is 0 Å². The number of aromatic nitrogens is 2. The van der Waals surface area contributed by atoms with Gasteiger partial charge in [-0.05, 0) is 42.8 Å². The van der Waals surface area contributed by atoms with Gasteiger partial charge in [0.05, 0.1) is 17.1 Å². The van der Waals surface area contributed by atoms with Crippen molar-refractivity contribution in [1.29, 1.82) is 0 Å². The molecule has 0 saturated heterocycles. The fourth-order valence-electron chi connectivity index (χ4n) is 2.12. The molecule has 0 amide bonds. The SMILES string of the molecule is CC(O)c1ccc2c(c1)ncn2-c1cccc(Br)c1. The molecule has 3 aromatic rings. The van der Waals surface area contributed by atoms with Gasteiger partial charge in [0.1, 0.15) is 6.33 Å². The number of aliphatic hydroxyl groups excluding tert-OH is 1. The molecular weight excluding hydrogens is 304 g/mol. The van der Waals surface area contributed by atoms with Gasteiger partial charge in [-0.25, -0.2) is 4.98 Å². The Balaban J connectivity index is 2.16. The van der Waals surface area contributed by atoms with E-state index in [1.807, 2.05) is 47.0 Å². The van der Waals surface area contributed by atoms with E-state index in [0.29, 0.717) is 0 Å². The van der Waals surface area contributed by atoms with Crippen LogP contribution in [0, 0.1) is 0 Å². The zero-order chi connectivity index (χ0) is 13.4. The van der Waals surface area contributed by atoms with Crippen molar-refractivity contribution in [3.63, 3.8) is 0 Å². The molecule has 0 aliphatic carbocycles. The van der Waals surface area contributed by atoms with Crippen molar-refractivity contribution in [1.82, 2.24) is 9.55 Å². The Morgan fingerprint density at radius 1 is 1.21 bits per heavy atom. The second-order valence-corrected chi connectivity index (χ2v) is 5.43. The standard InChI is InChI=1S/C15H13BrN2O/c1-10(19)11-5-6-15-14(7-11)17-9-18(15)13-4-2-3-12(16)8-13/h2-10,19H,1H3. The van der Waals surface area contributed by atoms with Crippen LogP contribution >= 0.6 is 15.9 Å². The van der Waals surface area contributed by atoms with Gasteiger partial charge in [0.2, 0.25) is 0 Å². The van der Waals surface area contributed by atoms with Crippen LogP contribution in [0.4, 0.5) is 0 Å². The zero-order valence-corrected chi connectivity index (χ0v) is 12.0. The van der Waals surface area contributed by atoms with Crippen molar-refractivity contribution >= 4 is 27.0 Å². The van der Waals surface area contributed by atoms with Crippen LogP contribution < -0.4 is 0 Å². The largest absolute Gasteiger partial charge is 0.389 e. The summed E-state index contributed by atoms with van der Waals surface area (Å²) in [6.45, 7) is 1.76. The van der Waals surface area contributed by atoms with Gasteiger partial charge < -0.3 is 5.11 Å². The number of rotatable bonds is 2. The maximum atomic E-state index is 9.60. The highest BCUT2D eigenvalue weighted by Crippen LogP contribution is 2.23. The summed E-state index contributed by atoms with van der Waals surface area (Å²) in [6, 6.07) is 13.9. The van der Waals surface area contributed by atoms with Gasteiger partial charge in [-0.2, -0.15) is 0 Å². The van der Waals surface area contributed by atoms with E-state index in [-0.39, 0.29) is 0 Å². The third-order valence-electron chi connectivity index (χ3n) is 3.14. The van der Waals surface area contributed by atoms with Crippen LogP contribution in [0.25, 0.3) is 16.7 Å². The second kappa shape index (κ2) is 4.79. The first-order valence-electron chi connectivity index (χ1n) is 6.06. The summed E-state index contributed by atoms with van der Waals surface area (Å²) < 4.78 is 3.07. The van der Waals surface area contributed by atoms with Crippen LogP contribution in [0.1, 0.15) is 18.6 Å². The summed E-state index contributed by atoms with van der Waals surface area (Å²) in [5.41, 5.74) is 3.86. The van der Waals surface area contributed by atoms with Crippen LogP contribution in [-0.2, 0) is 0 Å². The molecule has 1 atom stereocenters. The first-order chi connectivity index (χ1) is 9.15. The van der Waals surface area contributed by atoms with Gasteiger partial charge in [0, 0.05) is 10.2 Å². The number of imidazole rings is 1. The summed E-state index contributed by atoms with van der Waals surface area (Å²) in [5.74, 6) is 0. The van der Waals surface area contributed by atoms with Crippen molar-refractivity contribution < 1.29 is 5.11 Å².